The summed E-state index contributed by atoms with van der Waals surface area (Å²) in [5.41, 5.74) is 2.30. The van der Waals surface area contributed by atoms with Gasteiger partial charge in [0.25, 0.3) is 0 Å². The minimum Gasteiger partial charge on any atom is -0.481 e. The number of nitrogens with one attached hydrogen (secondary N) is 1. The molecule has 0 spiro atoms. The second-order valence-corrected chi connectivity index (χ2v) is 6.14. The van der Waals surface area contributed by atoms with E-state index in [1.807, 2.05) is 32.0 Å². The zero-order chi connectivity index (χ0) is 16.2. The largest absolute Gasteiger partial charge is 0.481 e. The van der Waals surface area contributed by atoms with Crippen molar-refractivity contribution >= 4 is 12.1 Å². The molecule has 0 unspecified atom stereocenters. The molecule has 5 nitrogen and oxygen atoms in total. The first kappa shape index (κ1) is 17.0. The number of aliphatic carboxylic acids is 1. The maximum Gasteiger partial charge on any atom is 0.408 e. The molecule has 1 aromatic carbocycles. The molecule has 0 saturated carbocycles. The van der Waals surface area contributed by atoms with E-state index in [9.17, 15) is 9.59 Å². The third-order valence-corrected chi connectivity index (χ3v) is 3.00. The van der Waals surface area contributed by atoms with Gasteiger partial charge in [0.1, 0.15) is 5.60 Å². The van der Waals surface area contributed by atoms with Crippen molar-refractivity contribution < 1.29 is 19.4 Å². The first-order chi connectivity index (χ1) is 9.58. The standard InChI is InChI=1S/C16H23NO4/c1-10-6-7-12(8-11(10)2)13(9-14(18)19)17-15(20)21-16(3,4)5/h6-8,13H,9H2,1-5H3,(H,17,20)(H,18,19)/t13-/m1/s1. The third-order valence-electron chi connectivity index (χ3n) is 3.00. The van der Waals surface area contributed by atoms with Gasteiger partial charge in [-0.15, -0.1) is 0 Å². The fourth-order valence-corrected chi connectivity index (χ4v) is 1.86. The zero-order valence-corrected chi connectivity index (χ0v) is 13.2. The first-order valence-corrected chi connectivity index (χ1v) is 6.87. The number of ether oxygens (including phenoxy) is 1. The van der Waals surface area contributed by atoms with Crippen molar-refractivity contribution in [2.24, 2.45) is 0 Å². The molecule has 0 fully saturated rings. The van der Waals surface area contributed by atoms with Gasteiger partial charge < -0.3 is 15.2 Å². The molecule has 1 amide bonds. The molecule has 0 aliphatic carbocycles. The Kier molecular flexibility index (Phi) is 5.35. The number of benzene rings is 1. The number of rotatable bonds is 4. The molecule has 2 N–H and O–H groups in total. The van der Waals surface area contributed by atoms with Crippen molar-refractivity contribution in [1.29, 1.82) is 0 Å². The lowest BCUT2D eigenvalue weighted by molar-refractivity contribution is -0.137. The van der Waals surface area contributed by atoms with Gasteiger partial charge in [0, 0.05) is 0 Å². The first-order valence-electron chi connectivity index (χ1n) is 6.87. The van der Waals surface area contributed by atoms with E-state index in [1.54, 1.807) is 20.8 Å². The second-order valence-electron chi connectivity index (χ2n) is 6.14. The number of hydrogen-bond acceptors (Lipinski definition) is 3. The highest BCUT2D eigenvalue weighted by atomic mass is 16.6. The molecular formula is C16H23NO4. The molecule has 0 bridgehead atoms. The maximum absolute atomic E-state index is 11.8. The lowest BCUT2D eigenvalue weighted by atomic mass is 9.99. The predicted octanol–water partition coefficient (Wildman–Crippen LogP) is 3.34. The van der Waals surface area contributed by atoms with Crippen LogP contribution in [-0.4, -0.2) is 22.8 Å². The molecule has 0 saturated heterocycles. The summed E-state index contributed by atoms with van der Waals surface area (Å²) in [7, 11) is 0. The number of alkyl carbamates (subject to hydrolysis) is 1. The third kappa shape index (κ3) is 5.85. The Hall–Kier alpha value is -2.04. The minimum absolute atomic E-state index is 0.193. The van der Waals surface area contributed by atoms with Gasteiger partial charge in [0.2, 0.25) is 0 Å². The van der Waals surface area contributed by atoms with Gasteiger partial charge in [-0.25, -0.2) is 4.79 Å². The average Bonchev–Trinajstić information content (AvgIpc) is 2.28. The summed E-state index contributed by atoms with van der Waals surface area (Å²) in [6, 6.07) is 5.01. The smallest absolute Gasteiger partial charge is 0.408 e. The van der Waals surface area contributed by atoms with Gasteiger partial charge in [0.15, 0.2) is 0 Å². The average molecular weight is 293 g/mol. The van der Waals surface area contributed by atoms with E-state index in [4.69, 9.17) is 9.84 Å². The van der Waals surface area contributed by atoms with E-state index in [0.29, 0.717) is 0 Å². The summed E-state index contributed by atoms with van der Waals surface area (Å²) in [5.74, 6) is -0.978. The Morgan fingerprint density at radius 3 is 2.33 bits per heavy atom. The van der Waals surface area contributed by atoms with Crippen LogP contribution in [0.4, 0.5) is 4.79 Å². The number of carboxylic acids is 1. The van der Waals surface area contributed by atoms with Gasteiger partial charge in [-0.3, -0.25) is 4.79 Å². The number of hydrogen-bond donors (Lipinski definition) is 2. The molecule has 1 rings (SSSR count). The Morgan fingerprint density at radius 2 is 1.86 bits per heavy atom. The summed E-state index contributed by atoms with van der Waals surface area (Å²) in [6.45, 7) is 9.20. The van der Waals surface area contributed by atoms with E-state index < -0.39 is 23.7 Å². The summed E-state index contributed by atoms with van der Waals surface area (Å²) >= 11 is 0. The summed E-state index contributed by atoms with van der Waals surface area (Å²) in [5, 5.41) is 11.6. The minimum atomic E-state index is -0.978. The predicted molar refractivity (Wildman–Crippen MR) is 80.3 cm³/mol. The van der Waals surface area contributed by atoms with Crippen molar-refractivity contribution in [3.8, 4) is 0 Å². The second kappa shape index (κ2) is 6.61. The molecule has 1 aromatic rings. The lowest BCUT2D eigenvalue weighted by Gasteiger charge is -2.23. The Balaban J connectivity index is 2.92. The number of carboxylic acid groups (broad SMARTS) is 1. The lowest BCUT2D eigenvalue weighted by Crippen LogP contribution is -2.35. The Labute approximate surface area is 125 Å². The van der Waals surface area contributed by atoms with Crippen LogP contribution in [0.5, 0.6) is 0 Å². The normalized spacial score (nSPS) is 12.6. The van der Waals surface area contributed by atoms with Crippen LogP contribution in [0.15, 0.2) is 18.2 Å². The molecule has 5 heteroatoms. The van der Waals surface area contributed by atoms with Gasteiger partial charge in [0.05, 0.1) is 12.5 Å². The topological polar surface area (TPSA) is 75.6 Å². The number of amides is 1. The van der Waals surface area contributed by atoms with Crippen molar-refractivity contribution in [2.45, 2.75) is 52.7 Å². The van der Waals surface area contributed by atoms with E-state index in [1.165, 1.54) is 0 Å². The van der Waals surface area contributed by atoms with Gasteiger partial charge in [-0.05, 0) is 51.3 Å². The fourth-order valence-electron chi connectivity index (χ4n) is 1.86. The zero-order valence-electron chi connectivity index (χ0n) is 13.2. The molecule has 0 radical (unpaired) electrons. The van der Waals surface area contributed by atoms with Crippen LogP contribution in [0, 0.1) is 13.8 Å². The highest BCUT2D eigenvalue weighted by Gasteiger charge is 2.22. The molecule has 0 heterocycles. The van der Waals surface area contributed by atoms with Crippen LogP contribution in [0.25, 0.3) is 0 Å². The van der Waals surface area contributed by atoms with Gasteiger partial charge >= 0.3 is 12.1 Å². The van der Waals surface area contributed by atoms with Crippen molar-refractivity contribution in [2.75, 3.05) is 0 Å². The van der Waals surface area contributed by atoms with Crippen LogP contribution in [-0.2, 0) is 9.53 Å². The molecule has 0 aromatic heterocycles. The van der Waals surface area contributed by atoms with Crippen LogP contribution in [0.1, 0.15) is 49.9 Å². The van der Waals surface area contributed by atoms with Crippen molar-refractivity contribution in [3.63, 3.8) is 0 Å². The van der Waals surface area contributed by atoms with Gasteiger partial charge in [-0.1, -0.05) is 18.2 Å². The number of aryl methyl sites for hydroxylation is 2. The van der Waals surface area contributed by atoms with Crippen LogP contribution >= 0.6 is 0 Å². The maximum atomic E-state index is 11.8. The summed E-state index contributed by atoms with van der Waals surface area (Å²) in [4.78, 5) is 22.9. The fraction of sp³-hybridized carbons (Fsp3) is 0.500. The highest BCUT2D eigenvalue weighted by molar-refractivity contribution is 5.72. The molecule has 1 atom stereocenters. The van der Waals surface area contributed by atoms with Crippen LogP contribution in [0.3, 0.4) is 0 Å². The highest BCUT2D eigenvalue weighted by Crippen LogP contribution is 2.21. The van der Waals surface area contributed by atoms with E-state index in [-0.39, 0.29) is 6.42 Å². The molecule has 21 heavy (non-hydrogen) atoms. The summed E-state index contributed by atoms with van der Waals surface area (Å²) in [6.07, 6.45) is -0.811. The van der Waals surface area contributed by atoms with Crippen molar-refractivity contribution in [1.82, 2.24) is 5.32 Å². The molecular weight excluding hydrogens is 270 g/mol. The van der Waals surface area contributed by atoms with E-state index in [0.717, 1.165) is 16.7 Å². The molecule has 0 aliphatic rings. The Bertz CT molecular complexity index is 532. The Morgan fingerprint density at radius 1 is 1.24 bits per heavy atom. The number of carbonyl (C=O) groups is 2. The quantitative estimate of drug-likeness (QED) is 0.892. The van der Waals surface area contributed by atoms with Crippen molar-refractivity contribution in [3.05, 3.63) is 34.9 Å². The molecule has 116 valence electrons. The van der Waals surface area contributed by atoms with Crippen LogP contribution in [0.2, 0.25) is 0 Å². The van der Waals surface area contributed by atoms with E-state index in [2.05, 4.69) is 5.32 Å². The molecule has 0 aliphatic heterocycles. The summed E-state index contributed by atoms with van der Waals surface area (Å²) < 4.78 is 5.18. The number of carbonyl (C=O) groups excluding carboxylic acids is 1. The van der Waals surface area contributed by atoms with Crippen LogP contribution < -0.4 is 5.32 Å². The SMILES string of the molecule is Cc1ccc([C@@H](CC(=O)O)NC(=O)OC(C)(C)C)cc1C. The van der Waals surface area contributed by atoms with E-state index >= 15 is 0 Å². The monoisotopic (exact) mass is 293 g/mol. The van der Waals surface area contributed by atoms with Gasteiger partial charge in [-0.2, -0.15) is 0 Å².